The summed E-state index contributed by atoms with van der Waals surface area (Å²) in [6, 6.07) is 25.5. The molecule has 32 heavy (non-hydrogen) atoms. The fraction of sp³-hybridized carbons (Fsp3) is 0.0435. The summed E-state index contributed by atoms with van der Waals surface area (Å²) in [7, 11) is 1.63. The van der Waals surface area contributed by atoms with E-state index in [0.717, 1.165) is 26.4 Å². The zero-order chi connectivity index (χ0) is 21.9. The van der Waals surface area contributed by atoms with Gasteiger partial charge in [-0.15, -0.1) is 5.10 Å². The van der Waals surface area contributed by atoms with E-state index >= 15 is 0 Å². The lowest BCUT2D eigenvalue weighted by atomic mass is 10.2. The van der Waals surface area contributed by atoms with Crippen LogP contribution in [0.1, 0.15) is 10.5 Å². The van der Waals surface area contributed by atoms with E-state index in [1.807, 2.05) is 83.4 Å². The normalized spacial score (nSPS) is 10.9. The van der Waals surface area contributed by atoms with Crippen LogP contribution in [0.25, 0.3) is 16.6 Å². The highest BCUT2D eigenvalue weighted by atomic mass is 32.2. The minimum absolute atomic E-state index is 0.105. The van der Waals surface area contributed by atoms with E-state index < -0.39 is 0 Å². The van der Waals surface area contributed by atoms with Crippen LogP contribution in [-0.4, -0.2) is 38.2 Å². The molecule has 0 atom stereocenters. The first kappa shape index (κ1) is 19.8. The summed E-state index contributed by atoms with van der Waals surface area (Å²) in [5, 5.41) is 17.3. The van der Waals surface area contributed by atoms with Gasteiger partial charge in [0.05, 0.1) is 17.5 Å². The summed E-state index contributed by atoms with van der Waals surface area (Å²) < 4.78 is 7.42. The first-order valence-corrected chi connectivity index (χ1v) is 10.6. The molecule has 0 fully saturated rings. The van der Waals surface area contributed by atoms with Gasteiger partial charge in [-0.05, 0) is 47.7 Å². The second-order valence-electron chi connectivity index (χ2n) is 6.84. The first-order chi connectivity index (χ1) is 15.7. The Morgan fingerprint density at radius 1 is 1.03 bits per heavy atom. The molecule has 0 radical (unpaired) electrons. The number of carbonyl (C=O) groups excluding carboxylic acids is 1. The van der Waals surface area contributed by atoms with Gasteiger partial charge >= 0.3 is 0 Å². The molecule has 158 valence electrons. The smallest absolute Gasteiger partial charge is 0.276 e. The summed E-state index contributed by atoms with van der Waals surface area (Å²) in [5.74, 6) is 0.472. The number of rotatable bonds is 6. The number of nitrogens with one attached hydrogen (secondary N) is 2. The fourth-order valence-electron chi connectivity index (χ4n) is 3.50. The molecule has 0 saturated carbocycles. The molecule has 5 rings (SSSR count). The molecule has 0 aliphatic rings. The van der Waals surface area contributed by atoms with Gasteiger partial charge in [0.1, 0.15) is 11.4 Å². The molecular formula is C23H18N6O2S. The second kappa shape index (κ2) is 8.56. The number of ether oxygens (including phenoxy) is 1. The lowest BCUT2D eigenvalue weighted by Gasteiger charge is -2.11. The Bertz CT molecular complexity index is 1370. The number of hydrogen-bond acceptors (Lipinski definition) is 6. The molecule has 1 amide bonds. The first-order valence-electron chi connectivity index (χ1n) is 9.80. The molecule has 2 heterocycles. The van der Waals surface area contributed by atoms with Crippen molar-refractivity contribution in [2.24, 2.45) is 0 Å². The number of tetrazole rings is 1. The zero-order valence-corrected chi connectivity index (χ0v) is 17.8. The van der Waals surface area contributed by atoms with Crippen LogP contribution in [0.5, 0.6) is 5.75 Å². The van der Waals surface area contributed by atoms with Crippen LogP contribution in [0.15, 0.2) is 88.7 Å². The Hall–Kier alpha value is -4.11. The number of amides is 1. The van der Waals surface area contributed by atoms with Gasteiger partial charge < -0.3 is 9.30 Å². The topological polar surface area (TPSA) is 97.7 Å². The van der Waals surface area contributed by atoms with Crippen molar-refractivity contribution >= 4 is 34.5 Å². The van der Waals surface area contributed by atoms with Gasteiger partial charge in [0, 0.05) is 16.0 Å². The van der Waals surface area contributed by atoms with Gasteiger partial charge in [-0.3, -0.25) is 10.1 Å². The third-order valence-corrected chi connectivity index (χ3v) is 6.02. The highest BCUT2D eigenvalue weighted by molar-refractivity contribution is 7.99. The van der Waals surface area contributed by atoms with Gasteiger partial charge in [0.25, 0.3) is 11.9 Å². The average molecular weight is 443 g/mol. The predicted molar refractivity (Wildman–Crippen MR) is 123 cm³/mol. The van der Waals surface area contributed by atoms with E-state index in [9.17, 15) is 4.79 Å². The van der Waals surface area contributed by atoms with Crippen molar-refractivity contribution in [3.8, 4) is 11.4 Å². The maximum atomic E-state index is 13.5. The Balaban J connectivity index is 1.78. The Labute approximate surface area is 187 Å². The quantitative estimate of drug-likeness (QED) is 0.400. The molecule has 9 heteroatoms. The van der Waals surface area contributed by atoms with Crippen molar-refractivity contribution in [1.29, 1.82) is 0 Å². The predicted octanol–water partition coefficient (Wildman–Crippen LogP) is 4.56. The van der Waals surface area contributed by atoms with Crippen LogP contribution in [0.3, 0.4) is 0 Å². The number of aromatic nitrogens is 5. The summed E-state index contributed by atoms with van der Waals surface area (Å²) in [6.45, 7) is 0. The van der Waals surface area contributed by atoms with Crippen molar-refractivity contribution in [3.63, 3.8) is 0 Å². The van der Waals surface area contributed by atoms with Crippen molar-refractivity contribution in [2.45, 2.75) is 9.79 Å². The Morgan fingerprint density at radius 2 is 1.78 bits per heavy atom. The van der Waals surface area contributed by atoms with Gasteiger partial charge in [0.15, 0.2) is 0 Å². The molecule has 0 bridgehead atoms. The molecule has 2 aromatic heterocycles. The number of methoxy groups -OCH3 is 1. The maximum Gasteiger partial charge on any atom is 0.276 e. The molecule has 3 aromatic carbocycles. The van der Waals surface area contributed by atoms with Crippen LogP contribution in [0.4, 0.5) is 5.95 Å². The number of hydrogen-bond donors (Lipinski definition) is 2. The van der Waals surface area contributed by atoms with Gasteiger partial charge in [-0.25, -0.2) is 0 Å². The van der Waals surface area contributed by atoms with Crippen molar-refractivity contribution in [3.05, 3.63) is 84.6 Å². The number of anilines is 1. The molecule has 0 saturated heterocycles. The number of H-pyrrole nitrogens is 1. The SMILES string of the molecule is COc1ccc2c(c1)c(Sc1ccccc1)c(C(=O)Nc1nn[nH]n1)n2-c1ccccc1. The summed E-state index contributed by atoms with van der Waals surface area (Å²) >= 11 is 1.52. The molecule has 5 aromatic rings. The van der Waals surface area contributed by atoms with Crippen LogP contribution >= 0.6 is 11.8 Å². The minimum Gasteiger partial charge on any atom is -0.497 e. The summed E-state index contributed by atoms with van der Waals surface area (Å²) in [5.41, 5.74) is 2.22. The van der Waals surface area contributed by atoms with E-state index in [2.05, 4.69) is 25.9 Å². The standard InChI is InChI=1S/C23H18N6O2S/c1-31-16-12-13-19-18(14-16)21(32-17-10-6-3-7-11-17)20(22(30)24-23-25-27-28-26-23)29(19)15-8-4-2-5-9-15/h2-14H,1H3,(H2,24,25,26,27,28,30). The fourth-order valence-corrected chi connectivity index (χ4v) is 4.59. The molecule has 8 nitrogen and oxygen atoms in total. The molecule has 0 unspecified atom stereocenters. The van der Waals surface area contributed by atoms with Gasteiger partial charge in [0.2, 0.25) is 0 Å². The second-order valence-corrected chi connectivity index (χ2v) is 7.92. The molecule has 0 spiro atoms. The summed E-state index contributed by atoms with van der Waals surface area (Å²) in [4.78, 5) is 15.4. The van der Waals surface area contributed by atoms with E-state index in [1.165, 1.54) is 11.8 Å². The molecule has 0 aliphatic carbocycles. The third kappa shape index (κ3) is 3.69. The summed E-state index contributed by atoms with van der Waals surface area (Å²) in [6.07, 6.45) is 0. The van der Waals surface area contributed by atoms with Crippen LogP contribution in [-0.2, 0) is 0 Å². The molecular weight excluding hydrogens is 424 g/mol. The van der Waals surface area contributed by atoms with Crippen LogP contribution in [0, 0.1) is 0 Å². The maximum absolute atomic E-state index is 13.5. The zero-order valence-electron chi connectivity index (χ0n) is 17.0. The number of carbonyl (C=O) groups is 1. The van der Waals surface area contributed by atoms with Gasteiger partial charge in [-0.2, -0.15) is 5.21 Å². The van der Waals surface area contributed by atoms with E-state index in [4.69, 9.17) is 4.74 Å². The van der Waals surface area contributed by atoms with Crippen molar-refractivity contribution < 1.29 is 9.53 Å². The number of benzene rings is 3. The van der Waals surface area contributed by atoms with Crippen molar-refractivity contribution in [1.82, 2.24) is 25.2 Å². The monoisotopic (exact) mass is 442 g/mol. The number of nitrogens with zero attached hydrogens (tertiary/aromatic N) is 4. The van der Waals surface area contributed by atoms with Gasteiger partial charge in [-0.1, -0.05) is 53.3 Å². The number of aromatic amines is 1. The van der Waals surface area contributed by atoms with Crippen LogP contribution < -0.4 is 10.1 Å². The van der Waals surface area contributed by atoms with E-state index in [-0.39, 0.29) is 11.9 Å². The third-order valence-electron chi connectivity index (χ3n) is 4.89. The molecule has 2 N–H and O–H groups in total. The Morgan fingerprint density at radius 3 is 2.47 bits per heavy atom. The number of fused-ring (bicyclic) bond motifs is 1. The number of para-hydroxylation sites is 1. The Kier molecular flexibility index (Phi) is 5.30. The van der Waals surface area contributed by atoms with Crippen molar-refractivity contribution in [2.75, 3.05) is 12.4 Å². The lowest BCUT2D eigenvalue weighted by molar-refractivity contribution is 0.101. The largest absolute Gasteiger partial charge is 0.497 e. The lowest BCUT2D eigenvalue weighted by Crippen LogP contribution is -2.18. The van der Waals surface area contributed by atoms with E-state index in [1.54, 1.807) is 7.11 Å². The minimum atomic E-state index is -0.344. The highest BCUT2D eigenvalue weighted by Gasteiger charge is 2.26. The van der Waals surface area contributed by atoms with Crippen LogP contribution in [0.2, 0.25) is 0 Å². The average Bonchev–Trinajstić information content (AvgIpc) is 3.46. The highest BCUT2D eigenvalue weighted by Crippen LogP contribution is 2.41. The van der Waals surface area contributed by atoms with E-state index in [0.29, 0.717) is 11.4 Å². The molecule has 0 aliphatic heterocycles.